The number of aromatic carboxylic acids is 1. The molecule has 88 valence electrons. The predicted octanol–water partition coefficient (Wildman–Crippen LogP) is 2.84. The van der Waals surface area contributed by atoms with Crippen molar-refractivity contribution in [2.24, 2.45) is 0 Å². The predicted molar refractivity (Wildman–Crippen MR) is 52.6 cm³/mol. The maximum absolute atomic E-state index is 12.3. The Morgan fingerprint density at radius 1 is 1.44 bits per heavy atom. The number of anilines is 1. The van der Waals surface area contributed by atoms with Gasteiger partial charge >= 0.3 is 12.1 Å². The van der Waals surface area contributed by atoms with Crippen LogP contribution in [0.15, 0.2) is 18.2 Å². The van der Waals surface area contributed by atoms with Gasteiger partial charge in [0.2, 0.25) is 0 Å². The fourth-order valence-corrected chi connectivity index (χ4v) is 1.24. The fraction of sp³-hybridized carbons (Fsp3) is 0.300. The lowest BCUT2D eigenvalue weighted by Gasteiger charge is -2.11. The zero-order valence-electron chi connectivity index (χ0n) is 8.43. The van der Waals surface area contributed by atoms with Crippen LogP contribution in [-0.2, 0) is 6.18 Å². The third-order valence-corrected chi connectivity index (χ3v) is 1.94. The van der Waals surface area contributed by atoms with Gasteiger partial charge < -0.3 is 10.4 Å². The summed E-state index contributed by atoms with van der Waals surface area (Å²) in [6.45, 7) is 2.16. The van der Waals surface area contributed by atoms with Gasteiger partial charge in [0, 0.05) is 12.2 Å². The molecule has 0 spiro atoms. The number of hydrogen-bond acceptors (Lipinski definition) is 2. The fourth-order valence-electron chi connectivity index (χ4n) is 1.24. The zero-order chi connectivity index (χ0) is 12.3. The van der Waals surface area contributed by atoms with Gasteiger partial charge in [-0.25, -0.2) is 4.79 Å². The Kier molecular flexibility index (Phi) is 3.41. The van der Waals surface area contributed by atoms with Crippen LogP contribution >= 0.6 is 0 Å². The first kappa shape index (κ1) is 12.4. The third-order valence-electron chi connectivity index (χ3n) is 1.94. The highest BCUT2D eigenvalue weighted by atomic mass is 19.4. The van der Waals surface area contributed by atoms with E-state index in [2.05, 4.69) is 5.32 Å². The van der Waals surface area contributed by atoms with E-state index in [1.807, 2.05) is 0 Å². The molecular weight excluding hydrogens is 223 g/mol. The van der Waals surface area contributed by atoms with Crippen LogP contribution in [0.3, 0.4) is 0 Å². The molecule has 0 aromatic heterocycles. The quantitative estimate of drug-likeness (QED) is 0.843. The summed E-state index contributed by atoms with van der Waals surface area (Å²) in [6.07, 6.45) is -4.53. The Hall–Kier alpha value is -1.72. The van der Waals surface area contributed by atoms with Crippen LogP contribution in [0.1, 0.15) is 22.8 Å². The lowest BCUT2D eigenvalue weighted by molar-refractivity contribution is -0.137. The minimum Gasteiger partial charge on any atom is -0.478 e. The van der Waals surface area contributed by atoms with E-state index in [0.29, 0.717) is 12.6 Å². The molecule has 0 aliphatic carbocycles. The number of hydrogen-bond donors (Lipinski definition) is 2. The van der Waals surface area contributed by atoms with Gasteiger partial charge in [-0.3, -0.25) is 0 Å². The SMILES string of the molecule is CCNc1ccc(C(F)(F)F)cc1C(=O)O. The molecule has 0 saturated carbocycles. The maximum atomic E-state index is 12.3. The van der Waals surface area contributed by atoms with Gasteiger partial charge in [-0.15, -0.1) is 0 Å². The molecule has 1 aromatic rings. The zero-order valence-corrected chi connectivity index (χ0v) is 8.43. The summed E-state index contributed by atoms with van der Waals surface area (Å²) in [4.78, 5) is 10.8. The van der Waals surface area contributed by atoms with Crippen molar-refractivity contribution in [3.8, 4) is 0 Å². The second-order valence-corrected chi connectivity index (χ2v) is 3.09. The summed E-state index contributed by atoms with van der Waals surface area (Å²) in [5.41, 5.74) is -1.16. The molecule has 6 heteroatoms. The molecule has 0 aliphatic rings. The van der Waals surface area contributed by atoms with Gasteiger partial charge in [0.15, 0.2) is 0 Å². The molecule has 0 bridgehead atoms. The van der Waals surface area contributed by atoms with Crippen molar-refractivity contribution in [2.75, 3.05) is 11.9 Å². The second-order valence-electron chi connectivity index (χ2n) is 3.09. The standard InChI is InChI=1S/C10H10F3NO2/c1-2-14-8-4-3-6(10(11,12)13)5-7(8)9(15)16/h3-5,14H,2H2,1H3,(H,15,16). The normalized spacial score (nSPS) is 11.2. The van der Waals surface area contributed by atoms with Crippen molar-refractivity contribution in [3.05, 3.63) is 29.3 Å². The van der Waals surface area contributed by atoms with E-state index in [-0.39, 0.29) is 11.3 Å². The topological polar surface area (TPSA) is 49.3 Å². The summed E-state index contributed by atoms with van der Waals surface area (Å²) < 4.78 is 37.0. The van der Waals surface area contributed by atoms with Gasteiger partial charge in [0.1, 0.15) is 0 Å². The Morgan fingerprint density at radius 3 is 2.50 bits per heavy atom. The van der Waals surface area contributed by atoms with Crippen molar-refractivity contribution >= 4 is 11.7 Å². The minimum absolute atomic E-state index is 0.183. The first-order valence-electron chi connectivity index (χ1n) is 4.54. The second kappa shape index (κ2) is 4.42. The van der Waals surface area contributed by atoms with Crippen LogP contribution < -0.4 is 5.32 Å². The average Bonchev–Trinajstić information content (AvgIpc) is 2.16. The van der Waals surface area contributed by atoms with Crippen molar-refractivity contribution in [1.82, 2.24) is 0 Å². The highest BCUT2D eigenvalue weighted by molar-refractivity contribution is 5.94. The minimum atomic E-state index is -4.53. The van der Waals surface area contributed by atoms with Crippen LogP contribution in [-0.4, -0.2) is 17.6 Å². The lowest BCUT2D eigenvalue weighted by Crippen LogP contribution is -2.10. The summed E-state index contributed by atoms with van der Waals surface area (Å²) >= 11 is 0. The van der Waals surface area contributed by atoms with Crippen molar-refractivity contribution in [2.45, 2.75) is 13.1 Å². The highest BCUT2D eigenvalue weighted by Crippen LogP contribution is 2.31. The molecule has 2 N–H and O–H groups in total. The van der Waals surface area contributed by atoms with E-state index < -0.39 is 17.7 Å². The lowest BCUT2D eigenvalue weighted by atomic mass is 10.1. The number of nitrogens with one attached hydrogen (secondary N) is 1. The molecule has 3 nitrogen and oxygen atoms in total. The van der Waals surface area contributed by atoms with E-state index in [1.165, 1.54) is 0 Å². The molecule has 0 atom stereocenters. The molecule has 1 aromatic carbocycles. The maximum Gasteiger partial charge on any atom is 0.416 e. The van der Waals surface area contributed by atoms with Crippen LogP contribution in [0, 0.1) is 0 Å². The molecule has 0 amide bonds. The highest BCUT2D eigenvalue weighted by Gasteiger charge is 2.31. The van der Waals surface area contributed by atoms with E-state index >= 15 is 0 Å². The summed E-state index contributed by atoms with van der Waals surface area (Å²) in [5.74, 6) is -1.39. The molecule has 0 radical (unpaired) electrons. The smallest absolute Gasteiger partial charge is 0.416 e. The van der Waals surface area contributed by atoms with E-state index in [4.69, 9.17) is 5.11 Å². The number of halogens is 3. The van der Waals surface area contributed by atoms with E-state index in [1.54, 1.807) is 6.92 Å². The van der Waals surface area contributed by atoms with Crippen LogP contribution in [0.25, 0.3) is 0 Å². The Balaban J connectivity index is 3.23. The molecule has 0 saturated heterocycles. The number of benzene rings is 1. The third kappa shape index (κ3) is 2.65. The van der Waals surface area contributed by atoms with Crippen molar-refractivity contribution in [1.29, 1.82) is 0 Å². The summed E-state index contributed by atoms with van der Waals surface area (Å²) in [6, 6.07) is 2.60. The monoisotopic (exact) mass is 233 g/mol. The molecular formula is C10H10F3NO2. The van der Waals surface area contributed by atoms with Crippen LogP contribution in [0.2, 0.25) is 0 Å². The first-order chi connectivity index (χ1) is 7.36. The summed E-state index contributed by atoms with van der Waals surface area (Å²) in [5, 5.41) is 11.5. The molecule has 0 unspecified atom stereocenters. The van der Waals surface area contributed by atoms with Crippen LogP contribution in [0.4, 0.5) is 18.9 Å². The van der Waals surface area contributed by atoms with E-state index in [9.17, 15) is 18.0 Å². The number of alkyl halides is 3. The molecule has 0 aliphatic heterocycles. The molecule has 16 heavy (non-hydrogen) atoms. The van der Waals surface area contributed by atoms with Gasteiger partial charge in [-0.1, -0.05) is 0 Å². The van der Waals surface area contributed by atoms with Crippen molar-refractivity contribution in [3.63, 3.8) is 0 Å². The number of carboxylic acids is 1. The van der Waals surface area contributed by atoms with Crippen molar-refractivity contribution < 1.29 is 23.1 Å². The van der Waals surface area contributed by atoms with Gasteiger partial charge in [-0.05, 0) is 25.1 Å². The summed E-state index contributed by atoms with van der Waals surface area (Å²) in [7, 11) is 0. The van der Waals surface area contributed by atoms with Gasteiger partial charge in [-0.2, -0.15) is 13.2 Å². The Bertz CT molecular complexity index is 402. The van der Waals surface area contributed by atoms with Gasteiger partial charge in [0.05, 0.1) is 11.1 Å². The molecule has 1 rings (SSSR count). The number of carbonyl (C=O) groups is 1. The average molecular weight is 233 g/mol. The Morgan fingerprint density at radius 2 is 2.06 bits per heavy atom. The van der Waals surface area contributed by atoms with E-state index in [0.717, 1.165) is 12.1 Å². The molecule has 0 fully saturated rings. The largest absolute Gasteiger partial charge is 0.478 e. The molecule has 0 heterocycles. The number of rotatable bonds is 3. The van der Waals surface area contributed by atoms with Crippen LogP contribution in [0.5, 0.6) is 0 Å². The number of carboxylic acid groups (broad SMARTS) is 1. The Labute approximate surface area is 89.9 Å². The van der Waals surface area contributed by atoms with Gasteiger partial charge in [0.25, 0.3) is 0 Å². The first-order valence-corrected chi connectivity index (χ1v) is 4.54.